The second-order valence-corrected chi connectivity index (χ2v) is 3.48. The summed E-state index contributed by atoms with van der Waals surface area (Å²) in [5.41, 5.74) is 4.67. The van der Waals surface area contributed by atoms with E-state index >= 15 is 0 Å². The number of amides is 1. The van der Waals surface area contributed by atoms with Crippen molar-refractivity contribution in [3.8, 4) is 0 Å². The number of hydrogen-bond donors (Lipinski definition) is 3. The molecule has 0 aromatic rings. The Morgan fingerprint density at radius 2 is 2.17 bits per heavy atom. The standard InChI is InChI=1S/C8H18N2O2/c1-4-6(5-11)10-7(12)8(2,3)9/h6,11H,4-5,9H2,1-3H3,(H,10,12). The van der Waals surface area contributed by atoms with Crippen molar-refractivity contribution in [2.24, 2.45) is 5.73 Å². The lowest BCUT2D eigenvalue weighted by atomic mass is 10.1. The molecule has 0 saturated heterocycles. The van der Waals surface area contributed by atoms with Gasteiger partial charge in [0.05, 0.1) is 18.2 Å². The van der Waals surface area contributed by atoms with Gasteiger partial charge in [0.1, 0.15) is 0 Å². The Hall–Kier alpha value is -0.610. The third kappa shape index (κ3) is 3.69. The minimum Gasteiger partial charge on any atom is -0.394 e. The lowest BCUT2D eigenvalue weighted by molar-refractivity contribution is -0.126. The Morgan fingerprint density at radius 3 is 2.42 bits per heavy atom. The van der Waals surface area contributed by atoms with Gasteiger partial charge in [-0.25, -0.2) is 0 Å². The van der Waals surface area contributed by atoms with Gasteiger partial charge in [-0.2, -0.15) is 0 Å². The van der Waals surface area contributed by atoms with Gasteiger partial charge in [-0.15, -0.1) is 0 Å². The van der Waals surface area contributed by atoms with E-state index in [1.807, 2.05) is 6.92 Å². The fourth-order valence-electron chi connectivity index (χ4n) is 0.648. The van der Waals surface area contributed by atoms with Crippen molar-refractivity contribution in [3.05, 3.63) is 0 Å². The quantitative estimate of drug-likeness (QED) is 0.543. The average Bonchev–Trinajstić information content (AvgIpc) is 1.97. The molecule has 0 saturated carbocycles. The van der Waals surface area contributed by atoms with Crippen LogP contribution in [0.4, 0.5) is 0 Å². The maximum atomic E-state index is 11.2. The Morgan fingerprint density at radius 1 is 1.67 bits per heavy atom. The van der Waals surface area contributed by atoms with Crippen LogP contribution in [0.3, 0.4) is 0 Å². The monoisotopic (exact) mass is 174 g/mol. The van der Waals surface area contributed by atoms with Crippen molar-refractivity contribution in [1.29, 1.82) is 0 Å². The second kappa shape index (κ2) is 4.42. The number of aliphatic hydroxyl groups is 1. The molecule has 0 spiro atoms. The molecule has 0 aliphatic carbocycles. The highest BCUT2D eigenvalue weighted by atomic mass is 16.3. The highest BCUT2D eigenvalue weighted by Gasteiger charge is 2.23. The SMILES string of the molecule is CCC(CO)NC(=O)C(C)(C)N. The summed E-state index contributed by atoms with van der Waals surface area (Å²) < 4.78 is 0. The van der Waals surface area contributed by atoms with E-state index in [1.165, 1.54) is 0 Å². The van der Waals surface area contributed by atoms with E-state index in [1.54, 1.807) is 13.8 Å². The number of aliphatic hydroxyl groups excluding tert-OH is 1. The lowest BCUT2D eigenvalue weighted by Gasteiger charge is -2.22. The van der Waals surface area contributed by atoms with Crippen molar-refractivity contribution >= 4 is 5.91 Å². The summed E-state index contributed by atoms with van der Waals surface area (Å²) in [5, 5.41) is 11.4. The molecule has 4 nitrogen and oxygen atoms in total. The highest BCUT2D eigenvalue weighted by Crippen LogP contribution is 1.98. The van der Waals surface area contributed by atoms with Crippen molar-refractivity contribution in [1.82, 2.24) is 5.32 Å². The predicted molar refractivity (Wildman–Crippen MR) is 47.6 cm³/mol. The normalized spacial score (nSPS) is 14.1. The number of nitrogens with two attached hydrogens (primary N) is 1. The molecule has 12 heavy (non-hydrogen) atoms. The summed E-state index contributed by atoms with van der Waals surface area (Å²) in [4.78, 5) is 11.2. The summed E-state index contributed by atoms with van der Waals surface area (Å²) in [6.45, 7) is 5.11. The van der Waals surface area contributed by atoms with Crippen LogP contribution in [0.25, 0.3) is 0 Å². The first-order valence-corrected chi connectivity index (χ1v) is 4.12. The van der Waals surface area contributed by atoms with Crippen molar-refractivity contribution in [3.63, 3.8) is 0 Å². The second-order valence-electron chi connectivity index (χ2n) is 3.48. The van der Waals surface area contributed by atoms with Crippen LogP contribution >= 0.6 is 0 Å². The fraction of sp³-hybridized carbons (Fsp3) is 0.875. The third-order valence-corrected chi connectivity index (χ3v) is 1.63. The molecule has 0 aliphatic heterocycles. The molecule has 0 aromatic heterocycles. The Kier molecular flexibility index (Phi) is 4.20. The Labute approximate surface area is 73.1 Å². The molecule has 0 radical (unpaired) electrons. The van der Waals surface area contributed by atoms with Crippen LogP contribution < -0.4 is 11.1 Å². The van der Waals surface area contributed by atoms with E-state index in [-0.39, 0.29) is 18.6 Å². The van der Waals surface area contributed by atoms with E-state index in [2.05, 4.69) is 5.32 Å². The van der Waals surface area contributed by atoms with Crippen LogP contribution in [0, 0.1) is 0 Å². The topological polar surface area (TPSA) is 75.3 Å². The van der Waals surface area contributed by atoms with Crippen molar-refractivity contribution < 1.29 is 9.90 Å². The largest absolute Gasteiger partial charge is 0.394 e. The first-order valence-electron chi connectivity index (χ1n) is 4.12. The van der Waals surface area contributed by atoms with E-state index in [4.69, 9.17) is 10.8 Å². The summed E-state index contributed by atoms with van der Waals surface area (Å²) in [6, 6.07) is -0.180. The minimum absolute atomic E-state index is 0.0433. The zero-order chi connectivity index (χ0) is 9.78. The van der Waals surface area contributed by atoms with Gasteiger partial charge in [0.15, 0.2) is 0 Å². The van der Waals surface area contributed by atoms with Crippen LogP contribution in [0.15, 0.2) is 0 Å². The molecule has 0 bridgehead atoms. The van der Waals surface area contributed by atoms with Crippen LogP contribution in [-0.4, -0.2) is 29.2 Å². The van der Waals surface area contributed by atoms with Gasteiger partial charge < -0.3 is 16.2 Å². The Bertz CT molecular complexity index is 148. The number of hydrogen-bond acceptors (Lipinski definition) is 3. The van der Waals surface area contributed by atoms with E-state index in [0.29, 0.717) is 6.42 Å². The van der Waals surface area contributed by atoms with Crippen LogP contribution in [0.5, 0.6) is 0 Å². The molecule has 0 rings (SSSR count). The molecule has 0 heterocycles. The maximum absolute atomic E-state index is 11.2. The molecule has 1 unspecified atom stereocenters. The maximum Gasteiger partial charge on any atom is 0.239 e. The number of rotatable bonds is 4. The van der Waals surface area contributed by atoms with Gasteiger partial charge in [-0.3, -0.25) is 4.79 Å². The number of nitrogens with one attached hydrogen (secondary N) is 1. The zero-order valence-electron chi connectivity index (χ0n) is 7.92. The third-order valence-electron chi connectivity index (χ3n) is 1.63. The Balaban J connectivity index is 3.99. The average molecular weight is 174 g/mol. The summed E-state index contributed by atoms with van der Waals surface area (Å²) in [5.74, 6) is -0.233. The molecular weight excluding hydrogens is 156 g/mol. The summed E-state index contributed by atoms with van der Waals surface area (Å²) >= 11 is 0. The molecule has 0 aliphatic rings. The van der Waals surface area contributed by atoms with E-state index in [9.17, 15) is 4.79 Å². The van der Waals surface area contributed by atoms with Gasteiger partial charge in [-0.05, 0) is 20.3 Å². The zero-order valence-corrected chi connectivity index (χ0v) is 7.92. The van der Waals surface area contributed by atoms with Crippen LogP contribution in [0.2, 0.25) is 0 Å². The smallest absolute Gasteiger partial charge is 0.239 e. The molecule has 0 aromatic carbocycles. The van der Waals surface area contributed by atoms with E-state index < -0.39 is 5.54 Å². The number of carbonyl (C=O) groups excluding carboxylic acids is 1. The van der Waals surface area contributed by atoms with Gasteiger partial charge in [0.25, 0.3) is 0 Å². The molecule has 4 N–H and O–H groups in total. The van der Waals surface area contributed by atoms with Gasteiger partial charge in [-0.1, -0.05) is 6.92 Å². The highest BCUT2D eigenvalue weighted by molar-refractivity contribution is 5.85. The predicted octanol–water partition coefficient (Wildman–Crippen LogP) is -0.389. The molecule has 0 fully saturated rings. The van der Waals surface area contributed by atoms with Crippen molar-refractivity contribution in [2.45, 2.75) is 38.8 Å². The summed E-state index contributed by atoms with van der Waals surface area (Å²) in [7, 11) is 0. The lowest BCUT2D eigenvalue weighted by Crippen LogP contribution is -2.52. The molecule has 1 amide bonds. The van der Waals surface area contributed by atoms with E-state index in [0.717, 1.165) is 0 Å². The van der Waals surface area contributed by atoms with Gasteiger partial charge in [0, 0.05) is 0 Å². The van der Waals surface area contributed by atoms with Gasteiger partial charge >= 0.3 is 0 Å². The fourth-order valence-corrected chi connectivity index (χ4v) is 0.648. The number of carbonyl (C=O) groups is 1. The van der Waals surface area contributed by atoms with Crippen LogP contribution in [-0.2, 0) is 4.79 Å². The van der Waals surface area contributed by atoms with Crippen LogP contribution in [0.1, 0.15) is 27.2 Å². The first kappa shape index (κ1) is 11.4. The van der Waals surface area contributed by atoms with Gasteiger partial charge in [0.2, 0.25) is 5.91 Å². The summed E-state index contributed by atoms with van der Waals surface area (Å²) in [6.07, 6.45) is 0.707. The first-order chi connectivity index (χ1) is 5.41. The minimum atomic E-state index is -0.872. The molecule has 4 heteroatoms. The van der Waals surface area contributed by atoms with Crippen molar-refractivity contribution in [2.75, 3.05) is 6.61 Å². The molecule has 72 valence electrons. The molecular formula is C8H18N2O2. The molecule has 1 atom stereocenters.